The molecule has 8 heteroatoms. The lowest BCUT2D eigenvalue weighted by atomic mass is 9.81. The second kappa shape index (κ2) is 7.51. The Balaban J connectivity index is 1.61. The molecule has 1 atom stereocenters. The Kier molecular flexibility index (Phi) is 5.01. The smallest absolute Gasteiger partial charge is 0.311 e. The number of rotatable bonds is 2. The van der Waals surface area contributed by atoms with Gasteiger partial charge in [-0.05, 0) is 31.9 Å². The van der Waals surface area contributed by atoms with Crippen LogP contribution in [0.4, 0.5) is 5.69 Å². The van der Waals surface area contributed by atoms with Crippen molar-refractivity contribution >= 4 is 23.4 Å². The summed E-state index contributed by atoms with van der Waals surface area (Å²) in [5, 5.41) is 2.40. The Hall–Kier alpha value is -3.29. The summed E-state index contributed by atoms with van der Waals surface area (Å²) in [4.78, 5) is 49.3. The van der Waals surface area contributed by atoms with E-state index in [4.69, 9.17) is 0 Å². The number of hydrogen-bond donors (Lipinski definition) is 1. The average Bonchev–Trinajstić information content (AvgIpc) is 3.31. The molecule has 2 aliphatic rings. The number of likely N-dealkylation sites (tertiary alicyclic amines) is 1. The van der Waals surface area contributed by atoms with Crippen LogP contribution in [0.15, 0.2) is 30.6 Å². The van der Waals surface area contributed by atoms with Gasteiger partial charge < -0.3 is 15.1 Å². The van der Waals surface area contributed by atoms with Gasteiger partial charge in [0.25, 0.3) is 0 Å². The molecule has 1 saturated heterocycles. The monoisotopic (exact) mass is 407 g/mol. The Labute approximate surface area is 175 Å². The molecule has 0 aliphatic carbocycles. The molecule has 4 rings (SSSR count). The van der Waals surface area contributed by atoms with Gasteiger partial charge in [-0.1, -0.05) is 17.7 Å². The maximum atomic E-state index is 13.2. The molecule has 1 fully saturated rings. The van der Waals surface area contributed by atoms with E-state index in [1.54, 1.807) is 22.2 Å². The van der Waals surface area contributed by atoms with Crippen molar-refractivity contribution in [1.82, 2.24) is 20.2 Å². The van der Waals surface area contributed by atoms with Crippen molar-refractivity contribution in [2.75, 3.05) is 31.6 Å². The summed E-state index contributed by atoms with van der Waals surface area (Å²) in [6.45, 7) is 5.27. The molecule has 1 N–H and O–H groups in total. The standard InChI is InChI=1S/C22H25N5O3/c1-14-4-5-18-17(8-14)22(6-7-26(12-22)21(30)20(29)23-3)13-27(18)19(28)9-16-11-24-15(2)10-25-16/h4-5,8,10-11H,6-7,9,12-13H2,1-3H3,(H,23,29). The van der Waals surface area contributed by atoms with Crippen LogP contribution in [0, 0.1) is 13.8 Å². The number of likely N-dealkylation sites (N-methyl/N-ethyl adjacent to an activating group) is 1. The fourth-order valence-corrected chi connectivity index (χ4v) is 4.41. The first-order valence-corrected chi connectivity index (χ1v) is 10.0. The zero-order valence-electron chi connectivity index (χ0n) is 17.4. The molecule has 3 heterocycles. The third-order valence-electron chi connectivity index (χ3n) is 6.01. The summed E-state index contributed by atoms with van der Waals surface area (Å²) < 4.78 is 0. The summed E-state index contributed by atoms with van der Waals surface area (Å²) in [5.41, 5.74) is 4.11. The summed E-state index contributed by atoms with van der Waals surface area (Å²) in [6.07, 6.45) is 4.16. The van der Waals surface area contributed by atoms with Gasteiger partial charge in [0.2, 0.25) is 5.91 Å². The van der Waals surface area contributed by atoms with E-state index in [2.05, 4.69) is 21.4 Å². The van der Waals surface area contributed by atoms with Crippen LogP contribution in [-0.2, 0) is 26.2 Å². The van der Waals surface area contributed by atoms with E-state index < -0.39 is 11.8 Å². The minimum absolute atomic E-state index is 0.0498. The van der Waals surface area contributed by atoms with Crippen LogP contribution >= 0.6 is 0 Å². The zero-order valence-corrected chi connectivity index (χ0v) is 17.4. The molecular weight excluding hydrogens is 382 g/mol. The SMILES string of the molecule is CNC(=O)C(=O)N1CCC2(C1)CN(C(=O)Cc1cnc(C)cn1)c1ccc(C)cc12. The van der Waals surface area contributed by atoms with E-state index in [-0.39, 0.29) is 17.7 Å². The van der Waals surface area contributed by atoms with Crippen molar-refractivity contribution in [2.45, 2.75) is 32.1 Å². The van der Waals surface area contributed by atoms with Gasteiger partial charge in [0.1, 0.15) is 0 Å². The Morgan fingerprint density at radius 3 is 2.63 bits per heavy atom. The van der Waals surface area contributed by atoms with Crippen LogP contribution in [0.1, 0.15) is 28.9 Å². The molecule has 30 heavy (non-hydrogen) atoms. The van der Waals surface area contributed by atoms with Crippen molar-refractivity contribution in [1.29, 1.82) is 0 Å². The first kappa shape index (κ1) is 20.0. The molecule has 3 amide bonds. The molecule has 1 aromatic heterocycles. The van der Waals surface area contributed by atoms with E-state index in [9.17, 15) is 14.4 Å². The van der Waals surface area contributed by atoms with Gasteiger partial charge in [-0.15, -0.1) is 0 Å². The predicted octanol–water partition coefficient (Wildman–Crippen LogP) is 0.899. The number of nitrogens with zero attached hydrogens (tertiary/aromatic N) is 4. The second-order valence-corrected chi connectivity index (χ2v) is 8.16. The van der Waals surface area contributed by atoms with Gasteiger partial charge in [0, 0.05) is 50.2 Å². The third-order valence-corrected chi connectivity index (χ3v) is 6.01. The first-order valence-electron chi connectivity index (χ1n) is 10.0. The van der Waals surface area contributed by atoms with Crippen molar-refractivity contribution in [2.24, 2.45) is 0 Å². The van der Waals surface area contributed by atoms with Crippen LogP contribution in [0.5, 0.6) is 0 Å². The van der Waals surface area contributed by atoms with Gasteiger partial charge in [0.05, 0.1) is 17.8 Å². The largest absolute Gasteiger partial charge is 0.351 e. The number of nitrogens with one attached hydrogen (secondary N) is 1. The van der Waals surface area contributed by atoms with E-state index in [0.717, 1.165) is 22.5 Å². The van der Waals surface area contributed by atoms with Crippen LogP contribution < -0.4 is 10.2 Å². The number of carbonyl (C=O) groups excluding carboxylic acids is 3. The van der Waals surface area contributed by atoms with Crippen molar-refractivity contribution in [3.05, 3.63) is 53.1 Å². The number of aryl methyl sites for hydroxylation is 2. The lowest BCUT2D eigenvalue weighted by Crippen LogP contribution is -2.44. The fourth-order valence-electron chi connectivity index (χ4n) is 4.41. The molecular formula is C22H25N5O3. The molecule has 1 unspecified atom stereocenters. The van der Waals surface area contributed by atoms with Gasteiger partial charge in [0.15, 0.2) is 0 Å². The molecule has 1 spiro atoms. The number of hydrogen-bond acceptors (Lipinski definition) is 5. The Bertz CT molecular complexity index is 1020. The van der Waals surface area contributed by atoms with Gasteiger partial charge in [-0.25, -0.2) is 0 Å². The normalized spacial score (nSPS) is 19.8. The molecule has 0 radical (unpaired) electrons. The number of aromatic nitrogens is 2. The predicted molar refractivity (Wildman–Crippen MR) is 111 cm³/mol. The number of amides is 3. The highest BCUT2D eigenvalue weighted by Crippen LogP contribution is 2.47. The first-order chi connectivity index (χ1) is 14.3. The molecule has 156 valence electrons. The van der Waals surface area contributed by atoms with E-state index in [0.29, 0.717) is 31.7 Å². The second-order valence-electron chi connectivity index (χ2n) is 8.16. The van der Waals surface area contributed by atoms with Crippen LogP contribution in [0.3, 0.4) is 0 Å². The highest BCUT2D eigenvalue weighted by Gasteiger charge is 2.50. The third kappa shape index (κ3) is 3.42. The number of anilines is 1. The quantitative estimate of drug-likeness (QED) is 0.747. The maximum absolute atomic E-state index is 13.2. The van der Waals surface area contributed by atoms with Crippen LogP contribution in [-0.4, -0.2) is 59.3 Å². The van der Waals surface area contributed by atoms with E-state index >= 15 is 0 Å². The van der Waals surface area contributed by atoms with Crippen molar-refractivity contribution in [3.63, 3.8) is 0 Å². The van der Waals surface area contributed by atoms with Crippen LogP contribution in [0.25, 0.3) is 0 Å². The van der Waals surface area contributed by atoms with Crippen molar-refractivity contribution in [3.8, 4) is 0 Å². The highest BCUT2D eigenvalue weighted by molar-refractivity contribution is 6.35. The fraction of sp³-hybridized carbons (Fsp3) is 0.409. The van der Waals surface area contributed by atoms with Crippen LogP contribution in [0.2, 0.25) is 0 Å². The lowest BCUT2D eigenvalue weighted by molar-refractivity contribution is -0.145. The Morgan fingerprint density at radius 2 is 1.93 bits per heavy atom. The molecule has 1 aromatic carbocycles. The van der Waals surface area contributed by atoms with Gasteiger partial charge in [-0.3, -0.25) is 24.4 Å². The zero-order chi connectivity index (χ0) is 21.5. The number of fused-ring (bicyclic) bond motifs is 2. The minimum Gasteiger partial charge on any atom is -0.351 e. The lowest BCUT2D eigenvalue weighted by Gasteiger charge is -2.25. The highest BCUT2D eigenvalue weighted by atomic mass is 16.2. The van der Waals surface area contributed by atoms with Crippen molar-refractivity contribution < 1.29 is 14.4 Å². The summed E-state index contributed by atoms with van der Waals surface area (Å²) in [7, 11) is 1.45. The molecule has 0 saturated carbocycles. The number of benzene rings is 1. The topological polar surface area (TPSA) is 95.5 Å². The minimum atomic E-state index is -0.611. The summed E-state index contributed by atoms with van der Waals surface area (Å²) >= 11 is 0. The molecule has 2 aliphatic heterocycles. The van der Waals surface area contributed by atoms with E-state index in [1.807, 2.05) is 26.0 Å². The summed E-state index contributed by atoms with van der Waals surface area (Å²) in [6, 6.07) is 6.07. The molecule has 2 aromatic rings. The van der Waals surface area contributed by atoms with Gasteiger partial charge in [-0.2, -0.15) is 0 Å². The Morgan fingerprint density at radius 1 is 1.13 bits per heavy atom. The molecule has 8 nitrogen and oxygen atoms in total. The van der Waals surface area contributed by atoms with E-state index in [1.165, 1.54) is 7.05 Å². The molecule has 0 bridgehead atoms. The maximum Gasteiger partial charge on any atom is 0.311 e. The number of carbonyl (C=O) groups is 3. The summed E-state index contributed by atoms with van der Waals surface area (Å²) in [5.74, 6) is -1.19. The van der Waals surface area contributed by atoms with Gasteiger partial charge >= 0.3 is 11.8 Å². The average molecular weight is 407 g/mol.